The summed E-state index contributed by atoms with van der Waals surface area (Å²) in [6.45, 7) is 37.5. The molecule has 12 bridgehead atoms. The molecule has 5 aromatic heterocycles. The molecule has 1 radical (unpaired) electrons. The summed E-state index contributed by atoms with van der Waals surface area (Å²) in [7, 11) is 2.06. The van der Waals surface area contributed by atoms with Crippen molar-refractivity contribution in [1.29, 1.82) is 0 Å². The zero-order chi connectivity index (χ0) is 68.2. The Morgan fingerprint density at radius 3 is 1.66 bits per heavy atom. The van der Waals surface area contributed by atoms with Gasteiger partial charge >= 0.3 is 105 Å². The molecule has 0 amide bonds. The minimum atomic E-state index is -0.892. The number of hydrogen-bond donors (Lipinski definition) is 2. The third-order valence-electron chi connectivity index (χ3n) is 17.7. The summed E-state index contributed by atoms with van der Waals surface area (Å²) in [5.41, 5.74) is 23.8. The maximum Gasteiger partial charge on any atom is 3.00 e. The van der Waals surface area contributed by atoms with Crippen LogP contribution >= 0.6 is 0 Å². The van der Waals surface area contributed by atoms with Crippen molar-refractivity contribution in [3.8, 4) is 0 Å². The number of nitrogens with zero attached hydrogens (tertiary/aromatic N) is 10. The van der Waals surface area contributed by atoms with E-state index in [0.717, 1.165) is 143 Å². The van der Waals surface area contributed by atoms with E-state index in [-0.39, 0.29) is 123 Å². The molecule has 3 aliphatic heterocycles. The van der Waals surface area contributed by atoms with Gasteiger partial charge in [0.05, 0.1) is 95.4 Å². The van der Waals surface area contributed by atoms with Crippen molar-refractivity contribution in [3.05, 3.63) is 213 Å². The first-order valence-electron chi connectivity index (χ1n) is 33.7. The van der Waals surface area contributed by atoms with Gasteiger partial charge in [-0.15, -0.1) is 22.1 Å². The summed E-state index contributed by atoms with van der Waals surface area (Å²) in [6, 6.07) is 40.2. The molecule has 10 rings (SSSR count). The number of hydrogen-bond acceptors (Lipinski definition) is 11. The molecule has 14 nitrogen and oxygen atoms in total. The smallest absolute Gasteiger partial charge is 0.657 e. The maximum atomic E-state index is 10.6. The number of allylic oxidation sites excluding steroid dienone is 5. The topological polar surface area (TPSA) is 179 Å². The first-order valence-corrected chi connectivity index (χ1v) is 33.7. The van der Waals surface area contributed by atoms with E-state index in [2.05, 4.69) is 153 Å². The summed E-state index contributed by atoms with van der Waals surface area (Å²) >= 11 is 0. The molecule has 3 aliphatic rings. The average molecular weight is 1580 g/mol. The maximum absolute atomic E-state index is 10.6. The zero-order valence-electron chi connectivity index (χ0n) is 59.3. The van der Waals surface area contributed by atoms with Crippen LogP contribution in [-0.2, 0) is 28.7 Å². The summed E-state index contributed by atoms with van der Waals surface area (Å²) in [5.74, 6) is 1.89. The molecule has 97 heavy (non-hydrogen) atoms. The van der Waals surface area contributed by atoms with Gasteiger partial charge in [-0.1, -0.05) is 149 Å². The van der Waals surface area contributed by atoms with E-state index in [9.17, 15) is 10.2 Å². The molecule has 2 aromatic carbocycles. The van der Waals surface area contributed by atoms with Crippen LogP contribution in [0.1, 0.15) is 206 Å². The Hall–Kier alpha value is -5.49. The second-order valence-electron chi connectivity index (χ2n) is 26.4. The Balaban J connectivity index is 0.000000268. The molecule has 2 N–H and O–H groups in total. The molecule has 0 saturated carbocycles. The van der Waals surface area contributed by atoms with Crippen LogP contribution in [0, 0.1) is 106 Å². The van der Waals surface area contributed by atoms with Crippen LogP contribution < -0.4 is 9.97 Å². The number of aliphatic hydroxyl groups excluding tert-OH is 2. The predicted molar refractivity (Wildman–Crippen MR) is 393 cm³/mol. The van der Waals surface area contributed by atoms with Gasteiger partial charge in [0.2, 0.25) is 0 Å². The molecule has 0 spiro atoms. The summed E-state index contributed by atoms with van der Waals surface area (Å²) in [6.07, 6.45) is 8.24. The van der Waals surface area contributed by atoms with Gasteiger partial charge < -0.3 is 29.7 Å². The molecule has 8 heterocycles. The Morgan fingerprint density at radius 2 is 1.07 bits per heavy atom. The van der Waals surface area contributed by atoms with E-state index in [4.69, 9.17) is 54.4 Å². The fourth-order valence-electron chi connectivity index (χ4n) is 12.2. The third-order valence-corrected chi connectivity index (χ3v) is 17.7. The molecular formula is C81H97Eu2N10O4+4. The largest absolute Gasteiger partial charge is 3.00 e. The molecule has 505 valence electrons. The average Bonchev–Trinajstić information content (AvgIpc) is 1.62. The standard InChI is InChI=1S/C42H51N6.C39H46N4O4.2Eu/c1-28(2)35-19-15-33(16-20-35)25-37-23-24-48(8)42-14-10-13-41(47-42)32(7)45-38(26-34-17-21-36(22-18-34)29(3)4)27-43-30(5)39-11-9-12-40(46-39)31(6)44-37;1-10-26-16-27-17-31-24(8)29(12-14-38(44)46-21(3)4)36(41-31)20-37-30(13-15-39(45)47-22(5)6)25(9)33(43-37)19-35-28(11-2)23(7)32(42-35)18-34(26)40-27;;/h9-22,24,28-29,37-38H,23,25-27H2,1-8H3;10-11,16-22,38-39,44-45H,1-2,12-15H2,3-9H3;;/q+1;-2;+2;+3/b43-30?,44-31?,45-32?,48-24+;;;. The van der Waals surface area contributed by atoms with Crippen LogP contribution in [0.4, 0.5) is 5.82 Å². The van der Waals surface area contributed by atoms with Crippen molar-refractivity contribution >= 4 is 79.6 Å². The number of benzene rings is 2. The molecule has 7 aromatic rings. The van der Waals surface area contributed by atoms with Gasteiger partial charge in [-0.05, 0) is 181 Å². The van der Waals surface area contributed by atoms with Crippen LogP contribution in [0.3, 0.4) is 0 Å². The van der Waals surface area contributed by atoms with Gasteiger partial charge in [-0.3, -0.25) is 15.0 Å². The Labute approximate surface area is 657 Å². The second kappa shape index (κ2) is 36.7. The number of aliphatic hydroxyl groups is 2. The van der Waals surface area contributed by atoms with Crippen LogP contribution in [0.15, 0.2) is 149 Å². The Kier molecular flexibility index (Phi) is 29.9. The van der Waals surface area contributed by atoms with E-state index in [1.807, 2.05) is 96.1 Å². The number of ether oxygens (including phenoxy) is 2. The van der Waals surface area contributed by atoms with Crippen molar-refractivity contribution in [2.24, 2.45) is 15.0 Å². The summed E-state index contributed by atoms with van der Waals surface area (Å²) in [5, 5.41) is 21.2. The zero-order valence-corrected chi connectivity index (χ0v) is 64.2. The number of pyridine rings is 2. The van der Waals surface area contributed by atoms with Gasteiger partial charge in [-0.25, -0.2) is 19.5 Å². The van der Waals surface area contributed by atoms with Crippen LogP contribution in [-0.4, -0.2) is 109 Å². The number of rotatable bonds is 18. The third kappa shape index (κ3) is 21.3. The van der Waals surface area contributed by atoms with Gasteiger partial charge in [0.25, 0.3) is 0 Å². The fourth-order valence-corrected chi connectivity index (χ4v) is 12.2. The van der Waals surface area contributed by atoms with Crippen molar-refractivity contribution in [1.82, 2.24) is 29.9 Å². The SMILES string of the molecule is C=CC1=C(C)c2cc3[n-]c(cc4nc(cc5[n-]c(cc1n2)c(C)c5CCC(O)OC(C)C)C(CCC(O)OC(C)C)=C4C)cc3C=C.CC1=NCC(Cc2ccc(C(C)C)cc2)N=C(C)c2cccc(n2)/[N+](C)=C/CC(Cc2ccc(C(C)C)cc2)N=C(C)c2cccc1n2.[Eu+2].[Eu+3]. The minimum Gasteiger partial charge on any atom is -0.657 e. The van der Waals surface area contributed by atoms with Crippen LogP contribution in [0.25, 0.3) is 50.4 Å². The van der Waals surface area contributed by atoms with Gasteiger partial charge in [0.1, 0.15) is 0 Å². The first-order chi connectivity index (χ1) is 45.4. The van der Waals surface area contributed by atoms with E-state index < -0.39 is 12.6 Å². The van der Waals surface area contributed by atoms with Crippen molar-refractivity contribution in [2.75, 3.05) is 13.6 Å². The second-order valence-corrected chi connectivity index (χ2v) is 26.4. The molecule has 0 saturated heterocycles. The first kappa shape index (κ1) is 78.8. The van der Waals surface area contributed by atoms with Crippen molar-refractivity contribution in [3.63, 3.8) is 0 Å². The number of aryl methyl sites for hydroxylation is 2. The summed E-state index contributed by atoms with van der Waals surface area (Å²) in [4.78, 5) is 45.8. The molecule has 0 aliphatic carbocycles. The quantitative estimate of drug-likeness (QED) is 0.0620. The van der Waals surface area contributed by atoms with Crippen molar-refractivity contribution < 1.29 is 123 Å². The van der Waals surface area contributed by atoms with Crippen LogP contribution in [0.2, 0.25) is 0 Å². The van der Waals surface area contributed by atoms with Gasteiger partial charge in [0, 0.05) is 30.9 Å². The van der Waals surface area contributed by atoms with Crippen LogP contribution in [0.5, 0.6) is 0 Å². The number of fused-ring (bicyclic) bond motifs is 12. The van der Waals surface area contributed by atoms with Gasteiger partial charge in [-0.2, -0.15) is 0 Å². The normalized spacial score (nSPS) is 16.4. The molecule has 4 atom stereocenters. The van der Waals surface area contributed by atoms with E-state index in [1.165, 1.54) is 22.3 Å². The monoisotopic (exact) mass is 1580 g/mol. The molecule has 0 fully saturated rings. The minimum absolute atomic E-state index is 0. The van der Waals surface area contributed by atoms with Gasteiger partial charge in [0.15, 0.2) is 18.3 Å². The van der Waals surface area contributed by atoms with E-state index in [0.29, 0.717) is 44.1 Å². The number of aliphatic imine (C=N–C) groups is 3. The Bertz CT molecular complexity index is 4150. The van der Waals surface area contributed by atoms with E-state index >= 15 is 0 Å². The molecule has 16 heteroatoms. The predicted octanol–water partition coefficient (Wildman–Crippen LogP) is 16.6. The Morgan fingerprint density at radius 1 is 0.557 bits per heavy atom. The summed E-state index contributed by atoms with van der Waals surface area (Å²) < 4.78 is 13.4. The number of aromatic nitrogens is 6. The van der Waals surface area contributed by atoms with E-state index in [1.54, 1.807) is 6.08 Å². The fraction of sp³-hybridized carbons (Fsp3) is 0.383. The molecular weight excluding hydrogens is 1480 g/mol. The van der Waals surface area contributed by atoms with Crippen molar-refractivity contribution in [2.45, 2.75) is 191 Å². The molecule has 4 unspecified atom stereocenters.